The van der Waals surface area contributed by atoms with Crippen LogP contribution in [0.15, 0.2) is 12.1 Å². The molecule has 0 saturated carbocycles. The summed E-state index contributed by atoms with van der Waals surface area (Å²) in [6.07, 6.45) is 1.04. The molecule has 0 amide bonds. The molecule has 104 valence electrons. The maximum Gasteiger partial charge on any atom is 0.0856 e. The average Bonchev–Trinajstić information content (AvgIpc) is 2.97. The Balaban J connectivity index is 0.000000659. The van der Waals surface area contributed by atoms with E-state index in [1.165, 1.54) is 0 Å². The minimum Gasteiger partial charge on any atom is -0.390 e. The fraction of sp³-hybridized carbons (Fsp3) is 0.667. The van der Waals surface area contributed by atoms with Crippen LogP contribution in [0.1, 0.15) is 57.0 Å². The quantitative estimate of drug-likeness (QED) is 0.878. The van der Waals surface area contributed by atoms with Crippen LogP contribution in [0.5, 0.6) is 0 Å². The number of nitrogens with zero attached hydrogens (tertiary/aromatic N) is 1. The van der Waals surface area contributed by atoms with Crippen molar-refractivity contribution in [1.29, 1.82) is 0 Å². The predicted molar refractivity (Wildman–Crippen MR) is 75.8 cm³/mol. The zero-order valence-corrected chi connectivity index (χ0v) is 12.4. The van der Waals surface area contributed by atoms with E-state index in [1.807, 2.05) is 40.7 Å². The van der Waals surface area contributed by atoms with E-state index in [4.69, 9.17) is 4.74 Å². The molecule has 0 aromatic carbocycles. The molecule has 0 radical (unpaired) electrons. The first-order chi connectivity index (χ1) is 8.81. The molecule has 3 heteroatoms. The van der Waals surface area contributed by atoms with E-state index in [9.17, 15) is 5.11 Å². The number of hydrogen-bond acceptors (Lipinski definition) is 3. The highest BCUT2D eigenvalue weighted by Crippen LogP contribution is 2.27. The molecule has 1 atom stereocenters. The maximum absolute atomic E-state index is 9.20. The molecule has 1 fully saturated rings. The summed E-state index contributed by atoms with van der Waals surface area (Å²) >= 11 is 0. The molecule has 2 rings (SSSR count). The van der Waals surface area contributed by atoms with Crippen LogP contribution >= 0.6 is 0 Å². The predicted octanol–water partition coefficient (Wildman–Crippen LogP) is 3.44. The molecule has 1 unspecified atom stereocenters. The molecule has 0 bridgehead atoms. The van der Waals surface area contributed by atoms with E-state index in [-0.39, 0.29) is 6.61 Å². The van der Waals surface area contributed by atoms with Crippen molar-refractivity contribution < 1.29 is 9.84 Å². The van der Waals surface area contributed by atoms with Gasteiger partial charge in [-0.25, -0.2) is 0 Å². The molecule has 2 heterocycles. The summed E-state index contributed by atoms with van der Waals surface area (Å²) in [6.45, 7) is 11.5. The SMILES string of the molecule is CC.CC.Cc1ccc(C2CCOC2)c(CO)n1. The van der Waals surface area contributed by atoms with Gasteiger partial charge in [0.15, 0.2) is 0 Å². The maximum atomic E-state index is 9.20. The molecule has 0 aliphatic carbocycles. The van der Waals surface area contributed by atoms with E-state index in [1.54, 1.807) is 0 Å². The van der Waals surface area contributed by atoms with Crippen molar-refractivity contribution in [1.82, 2.24) is 4.98 Å². The Labute approximate surface area is 111 Å². The number of ether oxygens (including phenoxy) is 1. The van der Waals surface area contributed by atoms with Gasteiger partial charge in [0.1, 0.15) is 0 Å². The van der Waals surface area contributed by atoms with Crippen LogP contribution in [0.4, 0.5) is 0 Å². The summed E-state index contributed by atoms with van der Waals surface area (Å²) in [6, 6.07) is 4.06. The fourth-order valence-corrected chi connectivity index (χ4v) is 1.90. The largest absolute Gasteiger partial charge is 0.390 e. The van der Waals surface area contributed by atoms with E-state index >= 15 is 0 Å². The Bertz CT molecular complexity index is 320. The van der Waals surface area contributed by atoms with Crippen molar-refractivity contribution in [2.75, 3.05) is 13.2 Å². The van der Waals surface area contributed by atoms with Gasteiger partial charge in [0.05, 0.1) is 18.9 Å². The van der Waals surface area contributed by atoms with Crippen LogP contribution in [0.2, 0.25) is 0 Å². The van der Waals surface area contributed by atoms with Crippen LogP contribution < -0.4 is 0 Å². The first-order valence-corrected chi connectivity index (χ1v) is 6.96. The van der Waals surface area contributed by atoms with Crippen molar-refractivity contribution in [3.05, 3.63) is 29.1 Å². The summed E-state index contributed by atoms with van der Waals surface area (Å²) in [4.78, 5) is 4.33. The lowest BCUT2D eigenvalue weighted by molar-refractivity contribution is 0.193. The van der Waals surface area contributed by atoms with Gasteiger partial charge in [-0.2, -0.15) is 0 Å². The second-order valence-electron chi connectivity index (χ2n) is 3.71. The number of rotatable bonds is 2. The van der Waals surface area contributed by atoms with Crippen molar-refractivity contribution in [3.8, 4) is 0 Å². The number of aliphatic hydroxyl groups is 1. The summed E-state index contributed by atoms with van der Waals surface area (Å²) < 4.78 is 5.33. The van der Waals surface area contributed by atoms with Gasteiger partial charge in [-0.1, -0.05) is 33.8 Å². The van der Waals surface area contributed by atoms with E-state index in [0.717, 1.165) is 36.6 Å². The molecule has 1 aliphatic heterocycles. The van der Waals surface area contributed by atoms with Crippen LogP contribution in [-0.2, 0) is 11.3 Å². The average molecular weight is 253 g/mol. The Morgan fingerprint density at radius 2 is 1.94 bits per heavy atom. The van der Waals surface area contributed by atoms with Crippen LogP contribution in [-0.4, -0.2) is 23.3 Å². The van der Waals surface area contributed by atoms with Gasteiger partial charge < -0.3 is 9.84 Å². The van der Waals surface area contributed by atoms with Gasteiger partial charge in [-0.3, -0.25) is 4.98 Å². The number of aliphatic hydroxyl groups excluding tert-OH is 1. The Hall–Kier alpha value is -0.930. The van der Waals surface area contributed by atoms with Crippen molar-refractivity contribution in [2.24, 2.45) is 0 Å². The first kappa shape index (κ1) is 17.1. The third-order valence-corrected chi connectivity index (χ3v) is 2.67. The van der Waals surface area contributed by atoms with Gasteiger partial charge >= 0.3 is 0 Å². The van der Waals surface area contributed by atoms with Gasteiger partial charge in [0.2, 0.25) is 0 Å². The van der Waals surface area contributed by atoms with E-state index < -0.39 is 0 Å². The lowest BCUT2D eigenvalue weighted by Crippen LogP contribution is -2.05. The Kier molecular flexibility index (Phi) is 9.52. The normalized spacial score (nSPS) is 17.3. The lowest BCUT2D eigenvalue weighted by Gasteiger charge is -2.12. The highest BCUT2D eigenvalue weighted by molar-refractivity contribution is 5.26. The highest BCUT2D eigenvalue weighted by Gasteiger charge is 2.20. The van der Waals surface area contributed by atoms with Gasteiger partial charge in [-0.15, -0.1) is 0 Å². The van der Waals surface area contributed by atoms with Crippen molar-refractivity contribution >= 4 is 0 Å². The Morgan fingerprint density at radius 3 is 2.44 bits per heavy atom. The molecule has 1 saturated heterocycles. The van der Waals surface area contributed by atoms with Crippen LogP contribution in [0.25, 0.3) is 0 Å². The fourth-order valence-electron chi connectivity index (χ4n) is 1.90. The Morgan fingerprint density at radius 1 is 1.28 bits per heavy atom. The number of hydrogen-bond donors (Lipinski definition) is 1. The third-order valence-electron chi connectivity index (χ3n) is 2.67. The highest BCUT2D eigenvalue weighted by atomic mass is 16.5. The van der Waals surface area contributed by atoms with Crippen LogP contribution in [0, 0.1) is 6.92 Å². The van der Waals surface area contributed by atoms with Gasteiger partial charge in [0, 0.05) is 18.2 Å². The van der Waals surface area contributed by atoms with E-state index in [2.05, 4.69) is 11.1 Å². The first-order valence-electron chi connectivity index (χ1n) is 6.96. The molecule has 1 aromatic heterocycles. The second-order valence-corrected chi connectivity index (χ2v) is 3.71. The molecule has 3 nitrogen and oxygen atoms in total. The molecule has 1 aromatic rings. The zero-order chi connectivity index (χ0) is 14.0. The van der Waals surface area contributed by atoms with E-state index in [0.29, 0.717) is 5.92 Å². The molecule has 1 aliphatic rings. The second kappa shape index (κ2) is 10.0. The van der Waals surface area contributed by atoms with Gasteiger partial charge in [0.25, 0.3) is 0 Å². The third kappa shape index (κ3) is 4.75. The monoisotopic (exact) mass is 253 g/mol. The smallest absolute Gasteiger partial charge is 0.0856 e. The minimum atomic E-state index is 0.0213. The summed E-state index contributed by atoms with van der Waals surface area (Å²) in [5.74, 6) is 0.422. The molecule has 0 spiro atoms. The van der Waals surface area contributed by atoms with Gasteiger partial charge in [-0.05, 0) is 25.0 Å². The molecule has 18 heavy (non-hydrogen) atoms. The zero-order valence-electron chi connectivity index (χ0n) is 12.4. The number of pyridine rings is 1. The molecular formula is C15H27NO2. The molecular weight excluding hydrogens is 226 g/mol. The topological polar surface area (TPSA) is 42.4 Å². The van der Waals surface area contributed by atoms with Crippen molar-refractivity contribution in [3.63, 3.8) is 0 Å². The lowest BCUT2D eigenvalue weighted by atomic mass is 9.97. The standard InChI is InChI=1S/C11H15NO2.2C2H6/c1-8-2-3-10(11(6-13)12-8)9-4-5-14-7-9;2*1-2/h2-3,9,13H,4-7H2,1H3;2*1-2H3. The molecule has 1 N–H and O–H groups in total. The minimum absolute atomic E-state index is 0.0213. The summed E-state index contributed by atoms with van der Waals surface area (Å²) in [7, 11) is 0. The van der Waals surface area contributed by atoms with Crippen LogP contribution in [0.3, 0.4) is 0 Å². The number of aromatic nitrogens is 1. The van der Waals surface area contributed by atoms with Crippen molar-refractivity contribution in [2.45, 2.75) is 53.6 Å². The summed E-state index contributed by atoms with van der Waals surface area (Å²) in [5, 5.41) is 9.20. The summed E-state index contributed by atoms with van der Waals surface area (Å²) in [5.41, 5.74) is 2.91. The number of aryl methyl sites for hydroxylation is 1.